The highest BCUT2D eigenvalue weighted by molar-refractivity contribution is 7.98. The molecule has 1 aliphatic rings. The standard InChI is InChI=1S/C12H22N2O4S/c1-8(4-5-19-3)13-11(17)14-9-6-18-7-12(9,2)10(15)16/h8-9H,4-7H2,1-3H3,(H,15,16)(H2,13,14,17). The largest absolute Gasteiger partial charge is 0.481 e. The van der Waals surface area contributed by atoms with Gasteiger partial charge < -0.3 is 20.5 Å². The Bertz CT molecular complexity index is 340. The molecule has 1 aliphatic heterocycles. The van der Waals surface area contributed by atoms with Crippen molar-refractivity contribution in [2.24, 2.45) is 5.41 Å². The van der Waals surface area contributed by atoms with Crippen LogP contribution in [0, 0.1) is 5.41 Å². The second-order valence-corrected chi connectivity index (χ2v) is 6.08. The molecular formula is C12H22N2O4S. The number of rotatable bonds is 6. The summed E-state index contributed by atoms with van der Waals surface area (Å²) in [5.74, 6) is 0.0200. The van der Waals surface area contributed by atoms with Crippen molar-refractivity contribution < 1.29 is 19.4 Å². The van der Waals surface area contributed by atoms with Crippen molar-refractivity contribution >= 4 is 23.8 Å². The molecule has 1 heterocycles. The molecule has 0 radical (unpaired) electrons. The van der Waals surface area contributed by atoms with E-state index < -0.39 is 17.4 Å². The maximum absolute atomic E-state index is 11.8. The van der Waals surface area contributed by atoms with Gasteiger partial charge in [-0.3, -0.25) is 4.79 Å². The van der Waals surface area contributed by atoms with E-state index in [1.807, 2.05) is 13.2 Å². The molecule has 0 aromatic heterocycles. The lowest BCUT2D eigenvalue weighted by Crippen LogP contribution is -2.53. The van der Waals surface area contributed by atoms with Crippen LogP contribution in [0.3, 0.4) is 0 Å². The number of aliphatic carboxylic acids is 1. The van der Waals surface area contributed by atoms with Crippen LogP contribution < -0.4 is 10.6 Å². The van der Waals surface area contributed by atoms with E-state index in [1.165, 1.54) is 0 Å². The molecule has 1 saturated heterocycles. The van der Waals surface area contributed by atoms with Crippen LogP contribution >= 0.6 is 11.8 Å². The SMILES string of the molecule is CSCCC(C)NC(=O)NC1COCC1(C)C(=O)O. The molecule has 0 aromatic rings. The third-order valence-corrected chi connectivity index (χ3v) is 4.03. The summed E-state index contributed by atoms with van der Waals surface area (Å²) < 4.78 is 5.18. The minimum atomic E-state index is -1.06. The number of thioether (sulfide) groups is 1. The summed E-state index contributed by atoms with van der Waals surface area (Å²) >= 11 is 1.72. The van der Waals surface area contributed by atoms with Gasteiger partial charge in [-0.2, -0.15) is 11.8 Å². The number of carbonyl (C=O) groups excluding carboxylic acids is 1. The fraction of sp³-hybridized carbons (Fsp3) is 0.833. The number of carboxylic acid groups (broad SMARTS) is 1. The second-order valence-electron chi connectivity index (χ2n) is 5.09. The van der Waals surface area contributed by atoms with Gasteiger partial charge in [0.15, 0.2) is 0 Å². The Morgan fingerprint density at radius 1 is 1.58 bits per heavy atom. The van der Waals surface area contributed by atoms with E-state index in [9.17, 15) is 14.7 Å². The first-order valence-electron chi connectivity index (χ1n) is 6.27. The summed E-state index contributed by atoms with van der Waals surface area (Å²) in [7, 11) is 0. The number of urea groups is 1. The average Bonchev–Trinajstić information content (AvgIpc) is 2.69. The lowest BCUT2D eigenvalue weighted by Gasteiger charge is -2.26. The van der Waals surface area contributed by atoms with Gasteiger partial charge in [0.05, 0.1) is 19.3 Å². The first-order chi connectivity index (χ1) is 8.90. The lowest BCUT2D eigenvalue weighted by molar-refractivity contribution is -0.148. The first kappa shape index (κ1) is 16.1. The summed E-state index contributed by atoms with van der Waals surface area (Å²) in [6, 6.07) is -0.778. The van der Waals surface area contributed by atoms with Gasteiger partial charge >= 0.3 is 12.0 Å². The van der Waals surface area contributed by atoms with Crippen molar-refractivity contribution in [1.82, 2.24) is 10.6 Å². The minimum Gasteiger partial charge on any atom is -0.481 e. The first-order valence-corrected chi connectivity index (χ1v) is 7.66. The van der Waals surface area contributed by atoms with Crippen LogP contribution in [-0.2, 0) is 9.53 Å². The number of carboxylic acids is 1. The molecule has 0 saturated carbocycles. The fourth-order valence-corrected chi connectivity index (χ4v) is 2.46. The van der Waals surface area contributed by atoms with Gasteiger partial charge in [-0.15, -0.1) is 0 Å². The molecule has 2 amide bonds. The van der Waals surface area contributed by atoms with Crippen LogP contribution in [-0.4, -0.2) is 54.4 Å². The molecular weight excluding hydrogens is 268 g/mol. The maximum Gasteiger partial charge on any atom is 0.315 e. The van der Waals surface area contributed by atoms with Crippen LogP contribution in [0.25, 0.3) is 0 Å². The fourth-order valence-electron chi connectivity index (χ4n) is 1.88. The number of amides is 2. The predicted molar refractivity (Wildman–Crippen MR) is 74.5 cm³/mol. The third-order valence-electron chi connectivity index (χ3n) is 3.38. The van der Waals surface area contributed by atoms with E-state index in [4.69, 9.17) is 4.74 Å². The molecule has 0 aromatic carbocycles. The molecule has 19 heavy (non-hydrogen) atoms. The van der Waals surface area contributed by atoms with Crippen molar-refractivity contribution in [2.75, 3.05) is 25.2 Å². The monoisotopic (exact) mass is 290 g/mol. The molecule has 3 N–H and O–H groups in total. The Morgan fingerprint density at radius 2 is 2.26 bits per heavy atom. The predicted octanol–water partition coefficient (Wildman–Crippen LogP) is 0.917. The zero-order chi connectivity index (χ0) is 14.5. The van der Waals surface area contributed by atoms with Crippen molar-refractivity contribution in [3.63, 3.8) is 0 Å². The molecule has 7 heteroatoms. The molecule has 0 aliphatic carbocycles. The van der Waals surface area contributed by atoms with E-state index in [0.29, 0.717) is 0 Å². The van der Waals surface area contributed by atoms with E-state index in [-0.39, 0.29) is 25.3 Å². The van der Waals surface area contributed by atoms with Gasteiger partial charge in [-0.1, -0.05) is 0 Å². The smallest absolute Gasteiger partial charge is 0.315 e. The van der Waals surface area contributed by atoms with Crippen LogP contribution in [0.4, 0.5) is 4.79 Å². The quantitative estimate of drug-likeness (QED) is 0.677. The molecule has 0 bridgehead atoms. The van der Waals surface area contributed by atoms with E-state index >= 15 is 0 Å². The van der Waals surface area contributed by atoms with Crippen LogP contribution in [0.1, 0.15) is 20.3 Å². The van der Waals surface area contributed by atoms with Crippen molar-refractivity contribution in [3.05, 3.63) is 0 Å². The van der Waals surface area contributed by atoms with Gasteiger partial charge in [0.1, 0.15) is 5.41 Å². The Labute approximate surface area is 117 Å². The highest BCUT2D eigenvalue weighted by Crippen LogP contribution is 2.28. The molecule has 1 rings (SSSR count). The Hall–Kier alpha value is -0.950. The average molecular weight is 290 g/mol. The summed E-state index contributed by atoms with van der Waals surface area (Å²) in [4.78, 5) is 23.0. The number of hydrogen-bond acceptors (Lipinski definition) is 4. The molecule has 3 unspecified atom stereocenters. The normalized spacial score (nSPS) is 27.8. The summed E-state index contributed by atoms with van der Waals surface area (Å²) in [5, 5.41) is 14.7. The number of nitrogens with one attached hydrogen (secondary N) is 2. The molecule has 1 fully saturated rings. The summed E-state index contributed by atoms with van der Waals surface area (Å²) in [5.41, 5.74) is -1.06. The van der Waals surface area contributed by atoms with Gasteiger partial charge in [0, 0.05) is 6.04 Å². The third kappa shape index (κ3) is 4.28. The molecule has 3 atom stereocenters. The van der Waals surface area contributed by atoms with Crippen molar-refractivity contribution in [1.29, 1.82) is 0 Å². The minimum absolute atomic E-state index is 0.0610. The van der Waals surface area contributed by atoms with Crippen molar-refractivity contribution in [2.45, 2.75) is 32.4 Å². The maximum atomic E-state index is 11.8. The Balaban J connectivity index is 2.46. The lowest BCUT2D eigenvalue weighted by atomic mass is 9.85. The zero-order valence-electron chi connectivity index (χ0n) is 11.6. The van der Waals surface area contributed by atoms with Gasteiger partial charge in [-0.05, 0) is 32.3 Å². The highest BCUT2D eigenvalue weighted by atomic mass is 32.2. The Kier molecular flexibility index (Phi) is 5.93. The topological polar surface area (TPSA) is 87.7 Å². The van der Waals surface area contributed by atoms with E-state index in [2.05, 4.69) is 10.6 Å². The second kappa shape index (κ2) is 7.00. The van der Waals surface area contributed by atoms with Crippen LogP contribution in [0.15, 0.2) is 0 Å². The highest BCUT2D eigenvalue weighted by Gasteiger charge is 2.47. The van der Waals surface area contributed by atoms with Gasteiger partial charge in [0.25, 0.3) is 0 Å². The summed E-state index contributed by atoms with van der Waals surface area (Å²) in [6.07, 6.45) is 2.90. The zero-order valence-corrected chi connectivity index (χ0v) is 12.4. The van der Waals surface area contributed by atoms with Crippen LogP contribution in [0.5, 0.6) is 0 Å². The molecule has 6 nitrogen and oxygen atoms in total. The summed E-state index contributed by atoms with van der Waals surface area (Å²) in [6.45, 7) is 3.87. The molecule has 110 valence electrons. The van der Waals surface area contributed by atoms with Crippen molar-refractivity contribution in [3.8, 4) is 0 Å². The molecule has 0 spiro atoms. The Morgan fingerprint density at radius 3 is 2.84 bits per heavy atom. The van der Waals surface area contributed by atoms with Gasteiger partial charge in [0.2, 0.25) is 0 Å². The number of ether oxygens (including phenoxy) is 1. The number of carbonyl (C=O) groups is 2. The van der Waals surface area contributed by atoms with Crippen LogP contribution in [0.2, 0.25) is 0 Å². The van der Waals surface area contributed by atoms with E-state index in [1.54, 1.807) is 18.7 Å². The van der Waals surface area contributed by atoms with Gasteiger partial charge in [-0.25, -0.2) is 4.79 Å². The van der Waals surface area contributed by atoms with E-state index in [0.717, 1.165) is 12.2 Å². The number of hydrogen-bond donors (Lipinski definition) is 3.